The minimum atomic E-state index is 0.221. The van der Waals surface area contributed by atoms with Gasteiger partial charge in [0.1, 0.15) is 6.54 Å². The number of hydrogen-bond acceptors (Lipinski definition) is 1. The van der Waals surface area contributed by atoms with Crippen LogP contribution in [0.3, 0.4) is 0 Å². The van der Waals surface area contributed by atoms with Gasteiger partial charge < -0.3 is 10.2 Å². The monoisotopic (exact) mass is 275 g/mol. The van der Waals surface area contributed by atoms with Crippen LogP contribution in [0.2, 0.25) is 0 Å². The molecule has 3 heteroatoms. The van der Waals surface area contributed by atoms with E-state index in [1.54, 1.807) is 4.90 Å². The first kappa shape index (κ1) is 15.0. The molecule has 1 fully saturated rings. The molecule has 0 aliphatic carbocycles. The molecule has 1 aliphatic heterocycles. The summed E-state index contributed by atoms with van der Waals surface area (Å²) in [6, 6.07) is 9.05. The third-order valence-corrected chi connectivity index (χ3v) is 4.07. The fourth-order valence-electron chi connectivity index (χ4n) is 2.86. The van der Waals surface area contributed by atoms with Crippen LogP contribution in [-0.2, 0) is 11.3 Å². The van der Waals surface area contributed by atoms with Gasteiger partial charge in [0.15, 0.2) is 0 Å². The third kappa shape index (κ3) is 4.34. The molecule has 1 aliphatic rings. The Hall–Kier alpha value is -1.35. The fraction of sp³-hybridized carbons (Fsp3) is 0.588. The number of rotatable bonds is 4. The number of likely N-dealkylation sites (tertiary alicyclic amines) is 1. The molecule has 0 atom stereocenters. The first-order valence-corrected chi connectivity index (χ1v) is 7.74. The number of aryl methyl sites for hydroxylation is 1. The lowest BCUT2D eigenvalue weighted by atomic mass is 9.95. The quantitative estimate of drug-likeness (QED) is 0.853. The van der Waals surface area contributed by atoms with Crippen molar-refractivity contribution in [2.24, 2.45) is 5.92 Å². The Labute approximate surface area is 122 Å². The number of benzene rings is 1. The van der Waals surface area contributed by atoms with Crippen molar-refractivity contribution in [2.45, 2.75) is 46.2 Å². The highest BCUT2D eigenvalue weighted by molar-refractivity contribution is 5.78. The maximum absolute atomic E-state index is 12.0. The molecule has 20 heavy (non-hydrogen) atoms. The molecule has 0 saturated carbocycles. The van der Waals surface area contributed by atoms with Gasteiger partial charge in [-0.2, -0.15) is 0 Å². The summed E-state index contributed by atoms with van der Waals surface area (Å²) >= 11 is 0. The highest BCUT2D eigenvalue weighted by Gasteiger charge is 2.27. The number of hydrogen-bond donors (Lipinski definition) is 2. The standard InChI is InChI=1S/C17H26N2O/c1-13(2)18-17(20)16-8-10-19(11-9-16)12-15-6-4-14(3)5-7-15/h4-7,13,16H,8-12H2,1-3H3,(H,18,20)/p+1. The summed E-state index contributed by atoms with van der Waals surface area (Å²) in [5, 5.41) is 3.04. The Morgan fingerprint density at radius 1 is 1.25 bits per heavy atom. The van der Waals surface area contributed by atoms with E-state index in [0.29, 0.717) is 0 Å². The van der Waals surface area contributed by atoms with E-state index >= 15 is 0 Å². The Bertz CT molecular complexity index is 431. The van der Waals surface area contributed by atoms with Crippen molar-refractivity contribution >= 4 is 5.91 Å². The van der Waals surface area contributed by atoms with Gasteiger partial charge in [0.2, 0.25) is 5.91 Å². The van der Waals surface area contributed by atoms with Crippen LogP contribution < -0.4 is 10.2 Å². The van der Waals surface area contributed by atoms with Crippen LogP contribution in [0.15, 0.2) is 24.3 Å². The molecule has 2 rings (SSSR count). The van der Waals surface area contributed by atoms with Crippen molar-refractivity contribution < 1.29 is 9.69 Å². The summed E-state index contributed by atoms with van der Waals surface area (Å²) in [4.78, 5) is 13.6. The van der Waals surface area contributed by atoms with Gasteiger partial charge in [0.05, 0.1) is 13.1 Å². The zero-order chi connectivity index (χ0) is 14.5. The van der Waals surface area contributed by atoms with Crippen LogP contribution in [0.5, 0.6) is 0 Å². The van der Waals surface area contributed by atoms with E-state index in [9.17, 15) is 4.79 Å². The van der Waals surface area contributed by atoms with Gasteiger partial charge in [-0.25, -0.2) is 0 Å². The minimum absolute atomic E-state index is 0.221. The first-order valence-electron chi connectivity index (χ1n) is 7.74. The van der Waals surface area contributed by atoms with E-state index in [1.165, 1.54) is 11.1 Å². The highest BCUT2D eigenvalue weighted by Crippen LogP contribution is 2.10. The number of piperidine rings is 1. The smallest absolute Gasteiger partial charge is 0.223 e. The molecule has 1 amide bonds. The maximum Gasteiger partial charge on any atom is 0.223 e. The molecule has 1 aromatic carbocycles. The normalized spacial score (nSPS) is 22.8. The zero-order valence-electron chi connectivity index (χ0n) is 12.9. The van der Waals surface area contributed by atoms with Crippen LogP contribution in [0, 0.1) is 12.8 Å². The van der Waals surface area contributed by atoms with E-state index in [1.807, 2.05) is 13.8 Å². The van der Waals surface area contributed by atoms with Crippen molar-refractivity contribution in [3.8, 4) is 0 Å². The molecule has 0 unspecified atom stereocenters. The van der Waals surface area contributed by atoms with Crippen molar-refractivity contribution in [3.05, 3.63) is 35.4 Å². The molecule has 0 radical (unpaired) electrons. The largest absolute Gasteiger partial charge is 0.354 e. The molecule has 0 aromatic heterocycles. The fourth-order valence-corrected chi connectivity index (χ4v) is 2.86. The molecule has 0 spiro atoms. The lowest BCUT2D eigenvalue weighted by Gasteiger charge is -2.29. The minimum Gasteiger partial charge on any atom is -0.354 e. The van der Waals surface area contributed by atoms with E-state index in [4.69, 9.17) is 0 Å². The number of carbonyl (C=O) groups is 1. The lowest BCUT2D eigenvalue weighted by Crippen LogP contribution is -3.11. The van der Waals surface area contributed by atoms with E-state index < -0.39 is 0 Å². The summed E-state index contributed by atoms with van der Waals surface area (Å²) < 4.78 is 0. The van der Waals surface area contributed by atoms with Gasteiger partial charge >= 0.3 is 0 Å². The lowest BCUT2D eigenvalue weighted by molar-refractivity contribution is -0.919. The summed E-state index contributed by atoms with van der Waals surface area (Å²) in [6.07, 6.45) is 2.03. The van der Waals surface area contributed by atoms with Crippen molar-refractivity contribution in [1.82, 2.24) is 5.32 Å². The second-order valence-electron chi connectivity index (χ2n) is 6.35. The maximum atomic E-state index is 12.0. The topological polar surface area (TPSA) is 33.5 Å². The van der Waals surface area contributed by atoms with Gasteiger partial charge in [-0.05, 0) is 20.8 Å². The molecule has 2 N–H and O–H groups in total. The van der Waals surface area contributed by atoms with Crippen LogP contribution in [0.25, 0.3) is 0 Å². The zero-order valence-corrected chi connectivity index (χ0v) is 12.9. The highest BCUT2D eigenvalue weighted by atomic mass is 16.1. The van der Waals surface area contributed by atoms with Crippen LogP contribution in [0.1, 0.15) is 37.8 Å². The Morgan fingerprint density at radius 3 is 2.40 bits per heavy atom. The van der Waals surface area contributed by atoms with Gasteiger partial charge in [-0.15, -0.1) is 0 Å². The van der Waals surface area contributed by atoms with Crippen molar-refractivity contribution in [1.29, 1.82) is 0 Å². The first-order chi connectivity index (χ1) is 9.54. The van der Waals surface area contributed by atoms with Crippen molar-refractivity contribution in [3.63, 3.8) is 0 Å². The van der Waals surface area contributed by atoms with Gasteiger partial charge in [0, 0.05) is 30.4 Å². The summed E-state index contributed by atoms with van der Waals surface area (Å²) in [7, 11) is 0. The predicted octanol–water partition coefficient (Wildman–Crippen LogP) is 1.31. The summed E-state index contributed by atoms with van der Waals surface area (Å²) in [6.45, 7) is 9.45. The van der Waals surface area contributed by atoms with E-state index in [2.05, 4.69) is 36.5 Å². The Balaban J connectivity index is 1.79. The third-order valence-electron chi connectivity index (χ3n) is 4.07. The van der Waals surface area contributed by atoms with E-state index in [-0.39, 0.29) is 17.9 Å². The second kappa shape index (κ2) is 6.89. The average Bonchev–Trinajstić information content (AvgIpc) is 2.41. The van der Waals surface area contributed by atoms with Gasteiger partial charge in [-0.3, -0.25) is 4.79 Å². The number of carbonyl (C=O) groups excluding carboxylic acids is 1. The van der Waals surface area contributed by atoms with Gasteiger partial charge in [0.25, 0.3) is 0 Å². The SMILES string of the molecule is Cc1ccc(C[NH+]2CCC(C(=O)NC(C)C)CC2)cc1. The number of nitrogens with one attached hydrogen (secondary N) is 2. The number of quaternary nitrogens is 1. The molecule has 110 valence electrons. The Morgan fingerprint density at radius 2 is 1.85 bits per heavy atom. The Kier molecular flexibility index (Phi) is 5.18. The number of amides is 1. The second-order valence-corrected chi connectivity index (χ2v) is 6.35. The molecular weight excluding hydrogens is 248 g/mol. The van der Waals surface area contributed by atoms with Crippen LogP contribution in [-0.4, -0.2) is 25.0 Å². The molecular formula is C17H27N2O+. The molecule has 3 nitrogen and oxygen atoms in total. The molecule has 1 saturated heterocycles. The molecule has 1 heterocycles. The van der Waals surface area contributed by atoms with Gasteiger partial charge in [-0.1, -0.05) is 29.8 Å². The summed E-state index contributed by atoms with van der Waals surface area (Å²) in [5.74, 6) is 0.466. The van der Waals surface area contributed by atoms with Crippen LogP contribution in [0.4, 0.5) is 0 Å². The average molecular weight is 275 g/mol. The van der Waals surface area contributed by atoms with Crippen molar-refractivity contribution in [2.75, 3.05) is 13.1 Å². The predicted molar refractivity (Wildman–Crippen MR) is 81.6 cm³/mol. The molecule has 1 aromatic rings. The summed E-state index contributed by atoms with van der Waals surface area (Å²) in [5.41, 5.74) is 2.71. The van der Waals surface area contributed by atoms with Crippen LogP contribution >= 0.6 is 0 Å². The van der Waals surface area contributed by atoms with E-state index in [0.717, 1.165) is 32.5 Å². The molecule has 0 bridgehead atoms.